The zero-order valence-corrected chi connectivity index (χ0v) is 6.38. The van der Waals surface area contributed by atoms with Crippen molar-refractivity contribution >= 4 is 23.4 Å². The minimum atomic E-state index is 0.598. The molecule has 1 aromatic carbocycles. The summed E-state index contributed by atoms with van der Waals surface area (Å²) in [6.45, 7) is 0. The third-order valence-corrected chi connectivity index (χ3v) is 1.89. The van der Waals surface area contributed by atoms with Gasteiger partial charge in [-0.2, -0.15) is 0 Å². The van der Waals surface area contributed by atoms with Crippen LogP contribution in [-0.2, 0) is 0 Å². The molecule has 47 valence electrons. The molecule has 2 heteroatoms. The highest BCUT2D eigenvalue weighted by molar-refractivity contribution is 8.00. The van der Waals surface area contributed by atoms with Gasteiger partial charge in [-0.3, -0.25) is 0 Å². The fourth-order valence-electron chi connectivity index (χ4n) is 0.525. The summed E-state index contributed by atoms with van der Waals surface area (Å²) >= 11 is 7.06. The van der Waals surface area contributed by atoms with Crippen molar-refractivity contribution in [3.8, 4) is 0 Å². The summed E-state index contributed by atoms with van der Waals surface area (Å²) in [5.41, 5.74) is 0. The van der Waals surface area contributed by atoms with Gasteiger partial charge in [0.05, 0.1) is 5.21 Å². The Bertz CT molecular complexity index is 162. The van der Waals surface area contributed by atoms with Gasteiger partial charge in [-0.15, -0.1) is 23.4 Å². The van der Waals surface area contributed by atoms with Gasteiger partial charge in [0.1, 0.15) is 0 Å². The van der Waals surface area contributed by atoms with Crippen LogP contribution in [0.15, 0.2) is 29.2 Å². The third-order valence-electron chi connectivity index (χ3n) is 0.891. The van der Waals surface area contributed by atoms with Gasteiger partial charge in [-0.05, 0) is 12.1 Å². The van der Waals surface area contributed by atoms with Crippen LogP contribution >= 0.6 is 23.4 Å². The van der Waals surface area contributed by atoms with E-state index in [0.717, 1.165) is 4.90 Å². The maximum Gasteiger partial charge on any atom is 0.0727 e. The van der Waals surface area contributed by atoms with Gasteiger partial charge in [0.2, 0.25) is 0 Å². The highest BCUT2D eigenvalue weighted by Gasteiger charge is 1.86. The van der Waals surface area contributed by atoms with Crippen molar-refractivity contribution < 1.29 is 0 Å². The molecule has 0 spiro atoms. The molecule has 9 heavy (non-hydrogen) atoms. The zero-order valence-electron chi connectivity index (χ0n) is 4.80. The van der Waals surface area contributed by atoms with Gasteiger partial charge in [-0.1, -0.05) is 18.2 Å². The average Bonchev–Trinajstić information content (AvgIpc) is 1.91. The topological polar surface area (TPSA) is 0 Å². The standard InChI is InChI=1S/C7H6ClS/c8-6-9-7-4-2-1-3-5-7/h1-4H,6H2. The molecule has 0 heterocycles. The molecule has 0 N–H and O–H groups in total. The summed E-state index contributed by atoms with van der Waals surface area (Å²) in [5.74, 6) is 0. The van der Waals surface area contributed by atoms with Crippen molar-refractivity contribution in [2.75, 3.05) is 5.21 Å². The summed E-state index contributed by atoms with van der Waals surface area (Å²) < 4.78 is 0. The van der Waals surface area contributed by atoms with Crippen molar-refractivity contribution in [1.82, 2.24) is 0 Å². The van der Waals surface area contributed by atoms with E-state index in [1.54, 1.807) is 11.8 Å². The smallest absolute Gasteiger partial charge is 0.0727 e. The molecule has 0 aromatic heterocycles. The summed E-state index contributed by atoms with van der Waals surface area (Å²) in [4.78, 5) is 1.10. The Morgan fingerprint density at radius 2 is 2.44 bits per heavy atom. The largest absolute Gasteiger partial charge is 0.114 e. The Balaban J connectivity index is 2.61. The molecule has 0 fully saturated rings. The van der Waals surface area contributed by atoms with Crippen molar-refractivity contribution in [2.45, 2.75) is 4.90 Å². The summed E-state index contributed by atoms with van der Waals surface area (Å²) in [7, 11) is 0. The highest BCUT2D eigenvalue weighted by Crippen LogP contribution is 2.16. The number of hydrogen-bond donors (Lipinski definition) is 0. The first-order valence-corrected chi connectivity index (χ1v) is 4.11. The second-order valence-corrected chi connectivity index (χ2v) is 3.08. The predicted molar refractivity (Wildman–Crippen MR) is 41.9 cm³/mol. The normalized spacial score (nSPS) is 9.44. The van der Waals surface area contributed by atoms with Crippen LogP contribution in [0, 0.1) is 6.07 Å². The molecule has 0 nitrogen and oxygen atoms in total. The maximum atomic E-state index is 5.48. The van der Waals surface area contributed by atoms with Gasteiger partial charge in [0.25, 0.3) is 0 Å². The fraction of sp³-hybridized carbons (Fsp3) is 0.143. The Kier molecular flexibility index (Phi) is 2.95. The van der Waals surface area contributed by atoms with Gasteiger partial charge in [0, 0.05) is 4.90 Å². The molecular formula is C7H6ClS. The number of halogens is 1. The van der Waals surface area contributed by atoms with Crippen LogP contribution in [0.1, 0.15) is 0 Å². The van der Waals surface area contributed by atoms with Crippen molar-refractivity contribution in [3.05, 3.63) is 30.3 Å². The molecule has 1 radical (unpaired) electrons. The lowest BCUT2D eigenvalue weighted by Crippen LogP contribution is -1.67. The second kappa shape index (κ2) is 3.80. The van der Waals surface area contributed by atoms with Crippen LogP contribution in [-0.4, -0.2) is 5.21 Å². The van der Waals surface area contributed by atoms with E-state index in [2.05, 4.69) is 6.07 Å². The molecule has 0 aliphatic carbocycles. The summed E-state index contributed by atoms with van der Waals surface area (Å²) in [6.07, 6.45) is 0. The van der Waals surface area contributed by atoms with Crippen LogP contribution in [0.2, 0.25) is 0 Å². The van der Waals surface area contributed by atoms with E-state index in [9.17, 15) is 0 Å². The SMILES string of the molecule is ClCSc1[c]cccc1. The molecular weight excluding hydrogens is 152 g/mol. The lowest BCUT2D eigenvalue weighted by molar-refractivity contribution is 1.45. The van der Waals surface area contributed by atoms with Crippen LogP contribution in [0.3, 0.4) is 0 Å². The second-order valence-electron chi connectivity index (χ2n) is 1.48. The van der Waals surface area contributed by atoms with E-state index in [4.69, 9.17) is 11.6 Å². The first-order valence-electron chi connectivity index (χ1n) is 2.59. The summed E-state index contributed by atoms with van der Waals surface area (Å²) in [6, 6.07) is 10.8. The Morgan fingerprint density at radius 3 is 3.00 bits per heavy atom. The molecule has 0 aliphatic heterocycles. The van der Waals surface area contributed by atoms with Crippen LogP contribution < -0.4 is 0 Å². The Labute approximate surface area is 64.2 Å². The zero-order chi connectivity index (χ0) is 6.53. The fourth-order valence-corrected chi connectivity index (χ4v) is 1.32. The number of benzene rings is 1. The Hall–Kier alpha value is -0.140. The predicted octanol–water partition coefficient (Wildman–Crippen LogP) is 2.78. The minimum absolute atomic E-state index is 0.598. The molecule has 1 aromatic rings. The lowest BCUT2D eigenvalue weighted by atomic mass is 10.4. The van der Waals surface area contributed by atoms with E-state index in [-0.39, 0.29) is 0 Å². The monoisotopic (exact) mass is 157 g/mol. The molecule has 0 aliphatic rings. The molecule has 1 rings (SSSR count). The third kappa shape index (κ3) is 2.29. The first-order chi connectivity index (χ1) is 4.43. The van der Waals surface area contributed by atoms with E-state index in [0.29, 0.717) is 5.21 Å². The average molecular weight is 158 g/mol. The Morgan fingerprint density at radius 1 is 1.56 bits per heavy atom. The van der Waals surface area contributed by atoms with Gasteiger partial charge in [0.15, 0.2) is 0 Å². The van der Waals surface area contributed by atoms with Crippen molar-refractivity contribution in [2.24, 2.45) is 0 Å². The molecule has 0 saturated heterocycles. The molecule has 0 unspecified atom stereocenters. The van der Waals surface area contributed by atoms with Gasteiger partial charge < -0.3 is 0 Å². The maximum absolute atomic E-state index is 5.48. The van der Waals surface area contributed by atoms with Crippen LogP contribution in [0.25, 0.3) is 0 Å². The highest BCUT2D eigenvalue weighted by atomic mass is 35.5. The summed E-state index contributed by atoms with van der Waals surface area (Å²) in [5, 5.41) is 0.598. The van der Waals surface area contributed by atoms with Gasteiger partial charge in [-0.25, -0.2) is 0 Å². The molecule has 0 bridgehead atoms. The van der Waals surface area contributed by atoms with E-state index >= 15 is 0 Å². The van der Waals surface area contributed by atoms with Gasteiger partial charge >= 0.3 is 0 Å². The van der Waals surface area contributed by atoms with Crippen LogP contribution in [0.4, 0.5) is 0 Å². The van der Waals surface area contributed by atoms with Crippen molar-refractivity contribution in [3.63, 3.8) is 0 Å². The minimum Gasteiger partial charge on any atom is -0.114 e. The lowest BCUT2D eigenvalue weighted by Gasteiger charge is -1.91. The number of thioether (sulfide) groups is 1. The van der Waals surface area contributed by atoms with E-state index < -0.39 is 0 Å². The van der Waals surface area contributed by atoms with E-state index in [1.165, 1.54) is 0 Å². The number of rotatable bonds is 2. The van der Waals surface area contributed by atoms with Crippen LogP contribution in [0.5, 0.6) is 0 Å². The molecule has 0 atom stereocenters. The number of hydrogen-bond acceptors (Lipinski definition) is 1. The molecule has 0 saturated carbocycles. The quantitative estimate of drug-likeness (QED) is 0.470. The molecule has 0 amide bonds. The first kappa shape index (κ1) is 6.97. The van der Waals surface area contributed by atoms with E-state index in [1.807, 2.05) is 24.3 Å². The number of alkyl halides is 1. The van der Waals surface area contributed by atoms with Crippen molar-refractivity contribution in [1.29, 1.82) is 0 Å².